The summed E-state index contributed by atoms with van der Waals surface area (Å²) in [4.78, 5) is 34.6. The highest BCUT2D eigenvalue weighted by Crippen LogP contribution is 2.25. The van der Waals surface area contributed by atoms with E-state index in [2.05, 4.69) is 10.6 Å². The largest absolute Gasteiger partial charge is 0.421 e. The van der Waals surface area contributed by atoms with Crippen LogP contribution in [0.5, 0.6) is 0 Å². The Morgan fingerprint density at radius 1 is 1.22 bits per heavy atom. The molecule has 0 saturated carbocycles. The predicted octanol–water partition coefficient (Wildman–Crippen LogP) is 0.755. The lowest BCUT2D eigenvalue weighted by Gasteiger charge is -2.11. The highest BCUT2D eigenvalue weighted by molar-refractivity contribution is 5.78. The third kappa shape index (κ3) is 5.76. The number of alkyl halides is 3. The van der Waals surface area contributed by atoms with Crippen LogP contribution in [0.4, 0.5) is 13.2 Å². The number of carbonyl (C=O) groups excluding carboxylic acids is 2. The van der Waals surface area contributed by atoms with E-state index in [1.807, 2.05) is 0 Å². The third-order valence-corrected chi connectivity index (χ3v) is 2.91. The van der Waals surface area contributed by atoms with Crippen LogP contribution in [0.1, 0.15) is 19.4 Å². The van der Waals surface area contributed by atoms with Gasteiger partial charge < -0.3 is 15.2 Å². The molecule has 2 amide bonds. The molecule has 0 spiro atoms. The fraction of sp³-hybridized carbons (Fsp3) is 0.500. The summed E-state index contributed by atoms with van der Waals surface area (Å²) in [6, 6.07) is 1.72. The first-order valence-corrected chi connectivity index (χ1v) is 6.94. The van der Waals surface area contributed by atoms with E-state index in [1.54, 1.807) is 13.8 Å². The van der Waals surface area contributed by atoms with Gasteiger partial charge in [-0.05, 0) is 12.1 Å². The minimum absolute atomic E-state index is 0.116. The molecule has 0 unspecified atom stereocenters. The van der Waals surface area contributed by atoms with Crippen LogP contribution >= 0.6 is 0 Å². The van der Waals surface area contributed by atoms with Crippen LogP contribution in [0, 0.1) is 5.92 Å². The number of halogens is 3. The number of carbonyl (C=O) groups is 2. The molecule has 1 aromatic rings. The highest BCUT2D eigenvalue weighted by atomic mass is 19.4. The van der Waals surface area contributed by atoms with Crippen molar-refractivity contribution < 1.29 is 22.8 Å². The van der Waals surface area contributed by atoms with Gasteiger partial charge in [-0.15, -0.1) is 0 Å². The Morgan fingerprint density at radius 3 is 2.39 bits per heavy atom. The SMILES string of the molecule is CC(C)C(=O)NCCNC(=O)Cn1cccc(C(F)(F)F)c1=O. The van der Waals surface area contributed by atoms with E-state index >= 15 is 0 Å². The van der Waals surface area contributed by atoms with Gasteiger partial charge in [0.15, 0.2) is 0 Å². The standard InChI is InChI=1S/C14H18F3N3O3/c1-9(2)12(22)19-6-5-18-11(21)8-20-7-3-4-10(13(20)23)14(15,16)17/h3-4,7,9H,5-6,8H2,1-2H3,(H,18,21)(H,19,22). The van der Waals surface area contributed by atoms with Crippen LogP contribution in [0.15, 0.2) is 23.1 Å². The number of pyridine rings is 1. The lowest BCUT2D eigenvalue weighted by molar-refractivity contribution is -0.139. The molecule has 0 aliphatic rings. The van der Waals surface area contributed by atoms with Gasteiger partial charge >= 0.3 is 6.18 Å². The number of amides is 2. The van der Waals surface area contributed by atoms with E-state index in [0.717, 1.165) is 12.3 Å². The molecule has 1 aromatic heterocycles. The van der Waals surface area contributed by atoms with Crippen LogP contribution in [-0.2, 0) is 22.3 Å². The molecule has 128 valence electrons. The zero-order valence-electron chi connectivity index (χ0n) is 12.7. The molecular formula is C14H18F3N3O3. The van der Waals surface area contributed by atoms with Crippen molar-refractivity contribution in [2.45, 2.75) is 26.6 Å². The average molecular weight is 333 g/mol. The van der Waals surface area contributed by atoms with Crippen LogP contribution in [0.3, 0.4) is 0 Å². The van der Waals surface area contributed by atoms with Crippen molar-refractivity contribution in [3.8, 4) is 0 Å². The van der Waals surface area contributed by atoms with E-state index in [1.165, 1.54) is 0 Å². The van der Waals surface area contributed by atoms with E-state index < -0.39 is 29.8 Å². The number of hydrogen-bond acceptors (Lipinski definition) is 3. The summed E-state index contributed by atoms with van der Waals surface area (Å²) in [7, 11) is 0. The summed E-state index contributed by atoms with van der Waals surface area (Å²) >= 11 is 0. The quantitative estimate of drug-likeness (QED) is 0.754. The van der Waals surface area contributed by atoms with Gasteiger partial charge in [0, 0.05) is 25.2 Å². The molecule has 0 aliphatic carbocycles. The summed E-state index contributed by atoms with van der Waals surface area (Å²) in [5.74, 6) is -0.979. The summed E-state index contributed by atoms with van der Waals surface area (Å²) in [6.07, 6.45) is -3.66. The van der Waals surface area contributed by atoms with Crippen molar-refractivity contribution in [1.29, 1.82) is 0 Å². The summed E-state index contributed by atoms with van der Waals surface area (Å²) < 4.78 is 38.5. The van der Waals surface area contributed by atoms with Crippen LogP contribution in [0.2, 0.25) is 0 Å². The van der Waals surface area contributed by atoms with Crippen molar-refractivity contribution in [2.75, 3.05) is 13.1 Å². The lowest BCUT2D eigenvalue weighted by Crippen LogP contribution is -2.39. The van der Waals surface area contributed by atoms with Gasteiger partial charge in [-0.1, -0.05) is 13.8 Å². The smallest absolute Gasteiger partial charge is 0.354 e. The fourth-order valence-electron chi connectivity index (χ4n) is 1.68. The van der Waals surface area contributed by atoms with E-state index in [0.29, 0.717) is 10.6 Å². The zero-order valence-corrected chi connectivity index (χ0v) is 12.7. The van der Waals surface area contributed by atoms with Gasteiger partial charge in [-0.25, -0.2) is 0 Å². The van der Waals surface area contributed by atoms with Crippen LogP contribution < -0.4 is 16.2 Å². The van der Waals surface area contributed by atoms with Crippen LogP contribution in [-0.4, -0.2) is 29.5 Å². The highest BCUT2D eigenvalue weighted by Gasteiger charge is 2.34. The Kier molecular flexibility index (Phi) is 6.35. The zero-order chi connectivity index (χ0) is 17.6. The first-order valence-electron chi connectivity index (χ1n) is 6.94. The van der Waals surface area contributed by atoms with Crippen molar-refractivity contribution in [2.24, 2.45) is 5.92 Å². The molecule has 6 nitrogen and oxygen atoms in total. The van der Waals surface area contributed by atoms with E-state index in [9.17, 15) is 27.6 Å². The molecule has 2 N–H and O–H groups in total. The molecule has 0 bridgehead atoms. The minimum atomic E-state index is -4.77. The molecule has 0 saturated heterocycles. The van der Waals surface area contributed by atoms with Gasteiger partial charge in [0.25, 0.3) is 5.56 Å². The molecule has 0 aromatic carbocycles. The summed E-state index contributed by atoms with van der Waals surface area (Å²) in [6.45, 7) is 3.22. The molecule has 1 rings (SSSR count). The lowest BCUT2D eigenvalue weighted by atomic mass is 10.2. The second-order valence-electron chi connectivity index (χ2n) is 5.15. The van der Waals surface area contributed by atoms with E-state index in [4.69, 9.17) is 0 Å². The average Bonchev–Trinajstić information content (AvgIpc) is 2.44. The maximum absolute atomic E-state index is 12.6. The number of hydrogen-bond donors (Lipinski definition) is 2. The molecule has 0 radical (unpaired) electrons. The predicted molar refractivity (Wildman–Crippen MR) is 76.6 cm³/mol. The van der Waals surface area contributed by atoms with Gasteiger partial charge in [0.1, 0.15) is 12.1 Å². The van der Waals surface area contributed by atoms with Gasteiger partial charge in [-0.3, -0.25) is 14.4 Å². The maximum Gasteiger partial charge on any atom is 0.421 e. The first-order chi connectivity index (χ1) is 10.6. The third-order valence-electron chi connectivity index (χ3n) is 2.91. The number of nitrogens with one attached hydrogen (secondary N) is 2. The minimum Gasteiger partial charge on any atom is -0.354 e. The van der Waals surface area contributed by atoms with Gasteiger partial charge in [-0.2, -0.15) is 13.2 Å². The van der Waals surface area contributed by atoms with Crippen molar-refractivity contribution in [3.63, 3.8) is 0 Å². The number of nitrogens with zero attached hydrogens (tertiary/aromatic N) is 1. The Labute approximate surface area is 130 Å². The first kappa shape index (κ1) is 18.7. The van der Waals surface area contributed by atoms with Crippen molar-refractivity contribution in [1.82, 2.24) is 15.2 Å². The topological polar surface area (TPSA) is 80.2 Å². The summed E-state index contributed by atoms with van der Waals surface area (Å²) in [5, 5.41) is 4.99. The Morgan fingerprint density at radius 2 is 1.83 bits per heavy atom. The summed E-state index contributed by atoms with van der Waals surface area (Å²) in [5.41, 5.74) is -2.60. The molecule has 0 atom stereocenters. The van der Waals surface area contributed by atoms with E-state index in [-0.39, 0.29) is 24.9 Å². The Bertz CT molecular complexity index is 624. The van der Waals surface area contributed by atoms with Gasteiger partial charge in [0.2, 0.25) is 11.8 Å². The van der Waals surface area contributed by atoms with Crippen molar-refractivity contribution >= 4 is 11.8 Å². The normalized spacial score (nSPS) is 11.4. The Hall–Kier alpha value is -2.32. The molecule has 0 fully saturated rings. The Balaban J connectivity index is 2.56. The molecule has 1 heterocycles. The maximum atomic E-state index is 12.6. The molecule has 9 heteroatoms. The van der Waals surface area contributed by atoms with Gasteiger partial charge in [0.05, 0.1) is 0 Å². The molecular weight excluding hydrogens is 315 g/mol. The second-order valence-corrected chi connectivity index (χ2v) is 5.15. The second kappa shape index (κ2) is 7.80. The number of aromatic nitrogens is 1. The monoisotopic (exact) mass is 333 g/mol. The molecule has 23 heavy (non-hydrogen) atoms. The number of rotatable bonds is 6. The fourth-order valence-corrected chi connectivity index (χ4v) is 1.68. The van der Waals surface area contributed by atoms with Crippen LogP contribution in [0.25, 0.3) is 0 Å². The molecule has 0 aliphatic heterocycles. The van der Waals surface area contributed by atoms with Crippen molar-refractivity contribution in [3.05, 3.63) is 34.2 Å².